The summed E-state index contributed by atoms with van der Waals surface area (Å²) < 4.78 is 16.3. The van der Waals surface area contributed by atoms with Gasteiger partial charge >= 0.3 is 0 Å². The number of amides is 1. The van der Waals surface area contributed by atoms with Gasteiger partial charge in [0.05, 0.1) is 28.7 Å². The predicted octanol–water partition coefficient (Wildman–Crippen LogP) is 3.78. The Morgan fingerprint density at radius 1 is 1.30 bits per heavy atom. The molecule has 33 heavy (non-hydrogen) atoms. The number of aromatic nitrogens is 4. The Balaban J connectivity index is 1.48. The number of benzene rings is 1. The van der Waals surface area contributed by atoms with E-state index in [1.165, 1.54) is 0 Å². The molecule has 0 aliphatic carbocycles. The number of hydrogen-bond donors (Lipinski definition) is 1. The fourth-order valence-electron chi connectivity index (χ4n) is 5.07. The van der Waals surface area contributed by atoms with Crippen molar-refractivity contribution in [3.05, 3.63) is 30.2 Å². The molecule has 0 bridgehead atoms. The molecule has 5 rings (SSSR count). The van der Waals surface area contributed by atoms with Gasteiger partial charge in [0.25, 0.3) is 0 Å². The van der Waals surface area contributed by atoms with Crippen molar-refractivity contribution in [2.75, 3.05) is 13.2 Å². The molecule has 2 fully saturated rings. The number of fused-ring (bicyclic) bond motifs is 1. The zero-order chi connectivity index (χ0) is 23.3. The molecule has 2 aliphatic rings. The molecule has 8 heteroatoms. The number of carbonyl (C=O) groups excluding carboxylic acids is 1. The summed E-state index contributed by atoms with van der Waals surface area (Å²) in [6, 6.07) is 4.52. The highest BCUT2D eigenvalue weighted by Crippen LogP contribution is 2.37. The molecule has 1 aromatic carbocycles. The van der Waals surface area contributed by atoms with E-state index in [4.69, 9.17) is 19.7 Å². The number of ether oxygens (including phenoxy) is 2. The van der Waals surface area contributed by atoms with E-state index in [0.717, 1.165) is 52.9 Å². The molecule has 1 N–H and O–H groups in total. The van der Waals surface area contributed by atoms with Gasteiger partial charge in [0, 0.05) is 50.0 Å². The molecule has 2 saturated heterocycles. The molecule has 0 unspecified atom stereocenters. The van der Waals surface area contributed by atoms with Crippen molar-refractivity contribution in [3.63, 3.8) is 0 Å². The zero-order valence-corrected chi connectivity index (χ0v) is 20.1. The normalized spacial score (nSPS) is 23.6. The van der Waals surface area contributed by atoms with E-state index in [1.807, 2.05) is 24.9 Å². The molecule has 1 amide bonds. The number of hydrogen-bond acceptors (Lipinski definition) is 5. The molecule has 3 atom stereocenters. The van der Waals surface area contributed by atoms with Crippen LogP contribution in [-0.2, 0) is 16.6 Å². The molecular weight excluding hydrogens is 418 g/mol. The molecule has 2 aliphatic heterocycles. The Morgan fingerprint density at radius 3 is 2.85 bits per heavy atom. The van der Waals surface area contributed by atoms with Gasteiger partial charge in [0.1, 0.15) is 11.9 Å². The highest BCUT2D eigenvalue weighted by atomic mass is 16.5. The summed E-state index contributed by atoms with van der Waals surface area (Å²) in [4.78, 5) is 11.7. The van der Waals surface area contributed by atoms with E-state index in [1.54, 1.807) is 0 Å². The molecule has 0 spiro atoms. The second kappa shape index (κ2) is 8.17. The number of aryl methyl sites for hydroxylation is 2. The highest BCUT2D eigenvalue weighted by molar-refractivity contribution is 5.92. The molecule has 2 aromatic heterocycles. The standard InChI is InChI=1S/C25H33N5O3/c1-15-24-21(28-29(15)5)8-17(9-22(24)33-16(2)18-10-23(31)26-12-18)19-13-27-30(14-19)20-6-7-32-25(3,4)11-20/h8-9,13-14,16,18,20H,6-7,10-12H2,1-5H3,(H,26,31)/t16-,18-,20-/m1/s1. The highest BCUT2D eigenvalue weighted by Gasteiger charge is 2.31. The van der Waals surface area contributed by atoms with Crippen LogP contribution in [0.4, 0.5) is 0 Å². The lowest BCUT2D eigenvalue weighted by atomic mass is 9.94. The van der Waals surface area contributed by atoms with Crippen LogP contribution in [0, 0.1) is 12.8 Å². The second-order valence-electron chi connectivity index (χ2n) is 10.1. The largest absolute Gasteiger partial charge is 0.490 e. The Hall–Kier alpha value is -2.87. The quantitative estimate of drug-likeness (QED) is 0.638. The van der Waals surface area contributed by atoms with Gasteiger partial charge in [-0.1, -0.05) is 0 Å². The van der Waals surface area contributed by atoms with Gasteiger partial charge in [0.15, 0.2) is 0 Å². The Morgan fingerprint density at radius 2 is 2.12 bits per heavy atom. The Kier molecular flexibility index (Phi) is 5.43. The first-order valence-corrected chi connectivity index (χ1v) is 11.8. The van der Waals surface area contributed by atoms with Crippen LogP contribution in [0.1, 0.15) is 51.8 Å². The van der Waals surface area contributed by atoms with Crippen molar-refractivity contribution in [3.8, 4) is 16.9 Å². The Bertz CT molecular complexity index is 1190. The number of nitrogens with one attached hydrogen (secondary N) is 1. The van der Waals surface area contributed by atoms with Gasteiger partial charge in [-0.15, -0.1) is 0 Å². The Labute approximate surface area is 194 Å². The fraction of sp³-hybridized carbons (Fsp3) is 0.560. The lowest BCUT2D eigenvalue weighted by molar-refractivity contribution is -0.119. The molecule has 4 heterocycles. The topological polar surface area (TPSA) is 83.2 Å². The van der Waals surface area contributed by atoms with Crippen molar-refractivity contribution < 1.29 is 14.3 Å². The molecule has 0 radical (unpaired) electrons. The maximum absolute atomic E-state index is 11.7. The summed E-state index contributed by atoms with van der Waals surface area (Å²) in [7, 11) is 1.95. The van der Waals surface area contributed by atoms with E-state index in [2.05, 4.69) is 49.1 Å². The van der Waals surface area contributed by atoms with Gasteiger partial charge in [-0.3, -0.25) is 14.2 Å². The summed E-state index contributed by atoms with van der Waals surface area (Å²) >= 11 is 0. The van der Waals surface area contributed by atoms with Crippen molar-refractivity contribution in [2.45, 2.75) is 64.7 Å². The molecule has 3 aromatic rings. The van der Waals surface area contributed by atoms with Gasteiger partial charge in [-0.25, -0.2) is 0 Å². The van der Waals surface area contributed by atoms with Gasteiger partial charge < -0.3 is 14.8 Å². The molecule has 8 nitrogen and oxygen atoms in total. The summed E-state index contributed by atoms with van der Waals surface area (Å²) in [5.41, 5.74) is 3.89. The van der Waals surface area contributed by atoms with Crippen LogP contribution in [0.2, 0.25) is 0 Å². The minimum atomic E-state index is -0.132. The molecule has 0 saturated carbocycles. The maximum Gasteiger partial charge on any atom is 0.220 e. The van der Waals surface area contributed by atoms with Crippen molar-refractivity contribution >= 4 is 16.8 Å². The first kappa shape index (κ1) is 21.9. The van der Waals surface area contributed by atoms with Crippen LogP contribution < -0.4 is 10.1 Å². The van der Waals surface area contributed by atoms with Crippen molar-refractivity contribution in [1.29, 1.82) is 0 Å². The smallest absolute Gasteiger partial charge is 0.220 e. The number of nitrogens with zero attached hydrogens (tertiary/aromatic N) is 4. The lowest BCUT2D eigenvalue weighted by Gasteiger charge is -2.35. The SMILES string of the molecule is Cc1c2c(O[C@H](C)[C@H]3CNC(=O)C3)cc(-c3cnn([C@@H]4CCOC(C)(C)C4)c3)cc2nn1C. The monoisotopic (exact) mass is 451 g/mol. The summed E-state index contributed by atoms with van der Waals surface area (Å²) in [5, 5.41) is 13.3. The number of carbonyl (C=O) groups is 1. The van der Waals surface area contributed by atoms with Gasteiger partial charge in [-0.2, -0.15) is 10.2 Å². The fourth-order valence-corrected chi connectivity index (χ4v) is 5.07. The summed E-state index contributed by atoms with van der Waals surface area (Å²) in [5.74, 6) is 1.06. The van der Waals surface area contributed by atoms with Crippen LogP contribution in [0.15, 0.2) is 24.5 Å². The zero-order valence-electron chi connectivity index (χ0n) is 20.1. The minimum absolute atomic E-state index is 0.0887. The van der Waals surface area contributed by atoms with Crippen LogP contribution in [0.3, 0.4) is 0 Å². The van der Waals surface area contributed by atoms with E-state index in [9.17, 15) is 4.79 Å². The van der Waals surface area contributed by atoms with E-state index in [0.29, 0.717) is 19.0 Å². The molecular formula is C25H33N5O3. The third-order valence-corrected chi connectivity index (χ3v) is 7.15. The number of rotatable bonds is 5. The minimum Gasteiger partial charge on any atom is -0.490 e. The van der Waals surface area contributed by atoms with E-state index >= 15 is 0 Å². The third kappa shape index (κ3) is 4.24. The van der Waals surface area contributed by atoms with Crippen LogP contribution in [0.25, 0.3) is 22.0 Å². The van der Waals surface area contributed by atoms with Crippen LogP contribution in [0.5, 0.6) is 5.75 Å². The van der Waals surface area contributed by atoms with Crippen LogP contribution in [-0.4, -0.2) is 50.3 Å². The first-order chi connectivity index (χ1) is 15.7. The second-order valence-corrected chi connectivity index (χ2v) is 10.1. The van der Waals surface area contributed by atoms with Gasteiger partial charge in [-0.05, 0) is 58.2 Å². The van der Waals surface area contributed by atoms with Gasteiger partial charge in [0.2, 0.25) is 5.91 Å². The van der Waals surface area contributed by atoms with Crippen LogP contribution >= 0.6 is 0 Å². The average Bonchev–Trinajstić information content (AvgIpc) is 3.47. The third-order valence-electron chi connectivity index (χ3n) is 7.15. The molecule has 176 valence electrons. The lowest BCUT2D eigenvalue weighted by Crippen LogP contribution is -2.35. The van der Waals surface area contributed by atoms with Crippen molar-refractivity contribution in [2.24, 2.45) is 13.0 Å². The van der Waals surface area contributed by atoms with E-state index < -0.39 is 0 Å². The summed E-state index contributed by atoms with van der Waals surface area (Å²) in [6.07, 6.45) is 6.36. The maximum atomic E-state index is 11.7. The summed E-state index contributed by atoms with van der Waals surface area (Å²) in [6.45, 7) is 9.78. The first-order valence-electron chi connectivity index (χ1n) is 11.8. The van der Waals surface area contributed by atoms with Crippen molar-refractivity contribution in [1.82, 2.24) is 24.9 Å². The van der Waals surface area contributed by atoms with E-state index in [-0.39, 0.29) is 23.5 Å². The predicted molar refractivity (Wildman–Crippen MR) is 126 cm³/mol. The average molecular weight is 452 g/mol.